The predicted octanol–water partition coefficient (Wildman–Crippen LogP) is 3.85. The molecule has 1 unspecified atom stereocenters. The van der Waals surface area contributed by atoms with Crippen LogP contribution in [0.4, 0.5) is 0 Å². The lowest BCUT2D eigenvalue weighted by Gasteiger charge is -2.31. The summed E-state index contributed by atoms with van der Waals surface area (Å²) in [6.45, 7) is 7.94. The van der Waals surface area contributed by atoms with Gasteiger partial charge in [-0.1, -0.05) is 30.9 Å². The van der Waals surface area contributed by atoms with Gasteiger partial charge in [0, 0.05) is 13.5 Å². The number of nitriles is 1. The van der Waals surface area contributed by atoms with Crippen molar-refractivity contribution in [2.24, 2.45) is 0 Å². The van der Waals surface area contributed by atoms with Gasteiger partial charge >= 0.3 is 0 Å². The van der Waals surface area contributed by atoms with E-state index in [9.17, 15) is 5.26 Å². The molecule has 0 aromatic rings. The molecular formula is C11H19NOS3. The van der Waals surface area contributed by atoms with Gasteiger partial charge in [-0.25, -0.2) is 0 Å². The van der Waals surface area contributed by atoms with E-state index >= 15 is 0 Å². The van der Waals surface area contributed by atoms with Crippen LogP contribution < -0.4 is 0 Å². The summed E-state index contributed by atoms with van der Waals surface area (Å²) in [5.41, 5.74) is -0.302. The average molecular weight is 277 g/mol. The lowest BCUT2D eigenvalue weighted by Crippen LogP contribution is -2.34. The molecule has 0 aliphatic carbocycles. The lowest BCUT2D eigenvalue weighted by atomic mass is 9.95. The van der Waals surface area contributed by atoms with E-state index in [1.165, 1.54) is 11.8 Å². The van der Waals surface area contributed by atoms with Crippen molar-refractivity contribution in [3.63, 3.8) is 0 Å². The molecule has 0 aliphatic rings. The molecule has 16 heavy (non-hydrogen) atoms. The minimum Gasteiger partial charge on any atom is -0.379 e. The first kappa shape index (κ1) is 16.2. The molecular weight excluding hydrogens is 258 g/mol. The first-order valence-electron chi connectivity index (χ1n) is 5.11. The van der Waals surface area contributed by atoms with Gasteiger partial charge in [0.15, 0.2) is 0 Å². The monoisotopic (exact) mass is 277 g/mol. The number of hydrogen-bond donors (Lipinski definition) is 0. The number of thioether (sulfide) groups is 2. The summed E-state index contributed by atoms with van der Waals surface area (Å²) in [7, 11) is 1.67. The summed E-state index contributed by atoms with van der Waals surface area (Å²) < 4.78 is 5.68. The Hall–Kier alpha value is 0.240. The highest BCUT2D eigenvalue weighted by atomic mass is 32.2. The third-order valence-electron chi connectivity index (χ3n) is 2.12. The van der Waals surface area contributed by atoms with Crippen LogP contribution >= 0.6 is 35.7 Å². The normalized spacial score (nSPS) is 15.2. The molecule has 5 heteroatoms. The van der Waals surface area contributed by atoms with Gasteiger partial charge in [0.25, 0.3) is 0 Å². The van der Waals surface area contributed by atoms with Gasteiger partial charge in [-0.2, -0.15) is 5.26 Å². The fourth-order valence-corrected chi connectivity index (χ4v) is 4.43. The Morgan fingerprint density at radius 2 is 2.00 bits per heavy atom. The first-order chi connectivity index (χ1) is 7.28. The number of ether oxygens (including phenoxy) is 1. The molecule has 0 spiro atoms. The summed E-state index contributed by atoms with van der Waals surface area (Å²) in [6.07, 6.45) is 0.655. The molecule has 0 N–H and O–H groups in total. The van der Waals surface area contributed by atoms with E-state index in [1.807, 2.05) is 20.8 Å². The molecule has 0 saturated carbocycles. The van der Waals surface area contributed by atoms with E-state index < -0.39 is 4.75 Å². The van der Waals surface area contributed by atoms with Crippen molar-refractivity contribution in [3.8, 4) is 6.07 Å². The van der Waals surface area contributed by atoms with Crippen LogP contribution in [0.3, 0.4) is 0 Å². The van der Waals surface area contributed by atoms with Crippen molar-refractivity contribution < 1.29 is 4.74 Å². The maximum absolute atomic E-state index is 9.27. The van der Waals surface area contributed by atoms with Crippen LogP contribution in [0.25, 0.3) is 0 Å². The maximum atomic E-state index is 9.27. The molecule has 0 bridgehead atoms. The third-order valence-corrected chi connectivity index (χ3v) is 4.71. The maximum Gasteiger partial charge on any atom is 0.108 e. The van der Waals surface area contributed by atoms with E-state index in [1.54, 1.807) is 18.9 Å². The van der Waals surface area contributed by atoms with Crippen molar-refractivity contribution in [1.82, 2.24) is 0 Å². The van der Waals surface area contributed by atoms with Crippen LogP contribution in [-0.2, 0) is 4.74 Å². The van der Waals surface area contributed by atoms with Gasteiger partial charge in [0.2, 0.25) is 0 Å². The molecule has 92 valence electrons. The topological polar surface area (TPSA) is 33.0 Å². The molecule has 0 rings (SSSR count). The summed E-state index contributed by atoms with van der Waals surface area (Å²) in [4.78, 5) is 0. The Kier molecular flexibility index (Phi) is 6.95. The second-order valence-corrected chi connectivity index (χ2v) is 8.24. The standard InChI is InChI=1S/C11H19NOS3/c1-6-15-9(14)16-11(4,8-12)7-10(2,3)13-5/h6-7H2,1-5H3. The third kappa shape index (κ3) is 6.09. The number of methoxy groups -OCH3 is 1. The van der Waals surface area contributed by atoms with Gasteiger partial charge in [-0.3, -0.25) is 0 Å². The zero-order valence-corrected chi connectivity index (χ0v) is 12.9. The second-order valence-electron chi connectivity index (χ2n) is 4.27. The van der Waals surface area contributed by atoms with Crippen molar-refractivity contribution in [2.45, 2.75) is 44.5 Å². The molecule has 0 aromatic heterocycles. The van der Waals surface area contributed by atoms with Crippen LogP contribution in [0.15, 0.2) is 0 Å². The molecule has 2 nitrogen and oxygen atoms in total. The molecule has 0 radical (unpaired) electrons. The zero-order valence-electron chi connectivity index (χ0n) is 10.5. The Bertz CT molecular complexity index is 285. The Morgan fingerprint density at radius 1 is 1.44 bits per heavy atom. The minimum atomic E-state index is -0.515. The SMILES string of the molecule is CCSC(=S)SC(C)(C#N)CC(C)(C)OC. The van der Waals surface area contributed by atoms with Crippen molar-refractivity contribution in [1.29, 1.82) is 5.26 Å². The highest BCUT2D eigenvalue weighted by molar-refractivity contribution is 8.47. The van der Waals surface area contributed by atoms with E-state index in [4.69, 9.17) is 17.0 Å². The van der Waals surface area contributed by atoms with Crippen LogP contribution in [-0.4, -0.2) is 26.7 Å². The second kappa shape index (κ2) is 6.85. The van der Waals surface area contributed by atoms with Crippen molar-refractivity contribution in [3.05, 3.63) is 0 Å². The number of rotatable bonds is 5. The van der Waals surface area contributed by atoms with Gasteiger partial charge in [0.05, 0.1) is 11.7 Å². The quantitative estimate of drug-likeness (QED) is 0.713. The van der Waals surface area contributed by atoms with Gasteiger partial charge in [0.1, 0.15) is 8.28 Å². The smallest absolute Gasteiger partial charge is 0.108 e. The highest BCUT2D eigenvalue weighted by Crippen LogP contribution is 2.37. The van der Waals surface area contributed by atoms with Gasteiger partial charge in [-0.05, 0) is 26.5 Å². The first-order valence-corrected chi connectivity index (χ1v) is 7.32. The van der Waals surface area contributed by atoms with E-state index in [-0.39, 0.29) is 5.60 Å². The summed E-state index contributed by atoms with van der Waals surface area (Å²) in [6, 6.07) is 2.34. The molecule has 1 atom stereocenters. The lowest BCUT2D eigenvalue weighted by molar-refractivity contribution is 0.0121. The molecule has 0 amide bonds. The minimum absolute atomic E-state index is 0.302. The van der Waals surface area contributed by atoms with Gasteiger partial charge < -0.3 is 4.74 Å². The summed E-state index contributed by atoms with van der Waals surface area (Å²) in [5, 5.41) is 9.27. The van der Waals surface area contributed by atoms with Crippen LogP contribution in [0.5, 0.6) is 0 Å². The summed E-state index contributed by atoms with van der Waals surface area (Å²) >= 11 is 8.30. The largest absolute Gasteiger partial charge is 0.379 e. The van der Waals surface area contributed by atoms with Crippen LogP contribution in [0.1, 0.15) is 34.1 Å². The van der Waals surface area contributed by atoms with E-state index in [0.29, 0.717) is 6.42 Å². The molecule has 0 fully saturated rings. The van der Waals surface area contributed by atoms with Crippen molar-refractivity contribution >= 4 is 39.3 Å². The van der Waals surface area contributed by atoms with E-state index in [0.717, 1.165) is 9.28 Å². The Labute approximate surface area is 112 Å². The number of thiocarbonyl (C=S) groups is 1. The number of nitrogens with zero attached hydrogens (tertiary/aromatic N) is 1. The molecule has 0 saturated heterocycles. The van der Waals surface area contributed by atoms with Crippen LogP contribution in [0.2, 0.25) is 0 Å². The number of hydrogen-bond acceptors (Lipinski definition) is 5. The van der Waals surface area contributed by atoms with Gasteiger partial charge in [-0.15, -0.1) is 11.8 Å². The average Bonchev–Trinajstić information content (AvgIpc) is 2.17. The van der Waals surface area contributed by atoms with E-state index in [2.05, 4.69) is 13.0 Å². The van der Waals surface area contributed by atoms with Crippen molar-refractivity contribution in [2.75, 3.05) is 12.9 Å². The zero-order chi connectivity index (χ0) is 12.8. The highest BCUT2D eigenvalue weighted by Gasteiger charge is 2.34. The molecule has 0 aliphatic heterocycles. The molecule has 0 heterocycles. The predicted molar refractivity (Wildman–Crippen MR) is 78.0 cm³/mol. The fourth-order valence-electron chi connectivity index (χ4n) is 1.31. The fraction of sp³-hybridized carbons (Fsp3) is 0.818. The summed E-state index contributed by atoms with van der Waals surface area (Å²) in [5.74, 6) is 0.945. The molecule has 0 aromatic carbocycles. The Morgan fingerprint density at radius 3 is 2.38 bits per heavy atom. The van der Waals surface area contributed by atoms with Crippen LogP contribution in [0, 0.1) is 11.3 Å². The Balaban J connectivity index is 4.56.